The molecule has 1 unspecified atom stereocenters. The van der Waals surface area contributed by atoms with Crippen LogP contribution in [-0.4, -0.2) is 56.7 Å². The standard InChI is InChI=1S/C31H33N3O6S/c1-30(2,3)41(37,38)33-29(36)31(17-18-34(20-31)28(35)25-11-13-26(39-4)14-12-25)21-40-27-15-9-24(10-16-27)23-7-5-22(19-32)6-8-23/h5-16H,17-18,20-21H2,1-4H3,(H,33,36). The van der Waals surface area contributed by atoms with Crippen LogP contribution in [0.15, 0.2) is 72.8 Å². The lowest BCUT2D eigenvalue weighted by Gasteiger charge is -2.30. The van der Waals surface area contributed by atoms with E-state index in [4.69, 9.17) is 14.7 Å². The number of carbonyl (C=O) groups excluding carboxylic acids is 2. The normalized spacial score (nSPS) is 17.0. The molecule has 3 aromatic carbocycles. The van der Waals surface area contributed by atoms with E-state index in [1.54, 1.807) is 53.4 Å². The molecule has 0 bridgehead atoms. The second-order valence-electron chi connectivity index (χ2n) is 11.0. The number of nitrogens with one attached hydrogen (secondary N) is 1. The van der Waals surface area contributed by atoms with Crippen molar-refractivity contribution in [2.45, 2.75) is 31.9 Å². The molecule has 1 fully saturated rings. The number of nitrogens with zero attached hydrogens (tertiary/aromatic N) is 2. The summed E-state index contributed by atoms with van der Waals surface area (Å²) in [5.74, 6) is 0.135. The number of carbonyl (C=O) groups is 2. The monoisotopic (exact) mass is 575 g/mol. The van der Waals surface area contributed by atoms with Gasteiger partial charge in [-0.25, -0.2) is 8.42 Å². The van der Waals surface area contributed by atoms with Gasteiger partial charge in [0, 0.05) is 18.7 Å². The van der Waals surface area contributed by atoms with E-state index in [0.717, 1.165) is 11.1 Å². The lowest BCUT2D eigenvalue weighted by molar-refractivity contribution is -0.130. The van der Waals surface area contributed by atoms with Gasteiger partial charge in [0.15, 0.2) is 0 Å². The van der Waals surface area contributed by atoms with E-state index in [9.17, 15) is 18.0 Å². The Kier molecular flexibility index (Phi) is 8.40. The molecule has 0 aromatic heterocycles. The molecule has 0 spiro atoms. The Balaban J connectivity index is 1.54. The molecular formula is C31H33N3O6S. The van der Waals surface area contributed by atoms with Crippen LogP contribution in [-0.2, 0) is 14.8 Å². The number of amides is 2. The van der Waals surface area contributed by atoms with E-state index < -0.39 is 26.1 Å². The minimum atomic E-state index is -3.99. The zero-order valence-electron chi connectivity index (χ0n) is 23.5. The Morgan fingerprint density at radius 2 is 1.51 bits per heavy atom. The zero-order chi connectivity index (χ0) is 29.8. The van der Waals surface area contributed by atoms with Gasteiger partial charge in [0.25, 0.3) is 5.91 Å². The highest BCUT2D eigenvalue weighted by atomic mass is 32.2. The summed E-state index contributed by atoms with van der Waals surface area (Å²) in [6.07, 6.45) is 0.226. The van der Waals surface area contributed by atoms with Gasteiger partial charge in [0.1, 0.15) is 23.5 Å². The Hall–Kier alpha value is -4.36. The molecule has 1 saturated heterocycles. The number of benzene rings is 3. The quantitative estimate of drug-likeness (QED) is 0.422. The molecule has 214 valence electrons. The van der Waals surface area contributed by atoms with Crippen LogP contribution >= 0.6 is 0 Å². The minimum absolute atomic E-state index is 0.00726. The van der Waals surface area contributed by atoms with Gasteiger partial charge in [-0.05, 0) is 86.8 Å². The number of likely N-dealkylation sites (tertiary alicyclic amines) is 1. The molecule has 10 heteroatoms. The summed E-state index contributed by atoms with van der Waals surface area (Å²) in [5.41, 5.74) is 1.57. The maximum absolute atomic E-state index is 13.6. The van der Waals surface area contributed by atoms with Crippen molar-refractivity contribution in [3.63, 3.8) is 0 Å². The third-order valence-electron chi connectivity index (χ3n) is 7.21. The van der Waals surface area contributed by atoms with E-state index in [-0.39, 0.29) is 32.0 Å². The molecule has 0 aliphatic carbocycles. The van der Waals surface area contributed by atoms with E-state index in [2.05, 4.69) is 10.8 Å². The first kappa shape index (κ1) is 29.6. The van der Waals surface area contributed by atoms with E-state index in [0.29, 0.717) is 22.6 Å². The SMILES string of the molecule is COc1ccc(C(=O)N2CCC(COc3ccc(-c4ccc(C#N)cc4)cc3)(C(=O)NS(=O)(=O)C(C)(C)C)C2)cc1. The number of sulfonamides is 1. The van der Waals surface area contributed by atoms with Crippen LogP contribution in [0.2, 0.25) is 0 Å². The summed E-state index contributed by atoms with van der Waals surface area (Å²) in [5, 5.41) is 9.02. The van der Waals surface area contributed by atoms with Crippen molar-refractivity contribution in [2.75, 3.05) is 26.8 Å². The molecule has 3 aromatic rings. The number of rotatable bonds is 8. The van der Waals surface area contributed by atoms with Gasteiger partial charge in [-0.15, -0.1) is 0 Å². The van der Waals surface area contributed by atoms with Crippen molar-refractivity contribution < 1.29 is 27.5 Å². The molecule has 41 heavy (non-hydrogen) atoms. The maximum Gasteiger partial charge on any atom is 0.253 e. The number of hydrogen-bond donors (Lipinski definition) is 1. The summed E-state index contributed by atoms with van der Waals surface area (Å²) < 4.78 is 38.0. The Labute approximate surface area is 240 Å². The Bertz CT molecular complexity index is 1550. The zero-order valence-corrected chi connectivity index (χ0v) is 24.3. The molecule has 4 rings (SSSR count). The van der Waals surface area contributed by atoms with Crippen LogP contribution in [0.3, 0.4) is 0 Å². The maximum atomic E-state index is 13.6. The van der Waals surface area contributed by atoms with Crippen LogP contribution in [0.25, 0.3) is 11.1 Å². The van der Waals surface area contributed by atoms with Crippen molar-refractivity contribution >= 4 is 21.8 Å². The first-order valence-corrected chi connectivity index (χ1v) is 14.6. The fourth-order valence-corrected chi connectivity index (χ4v) is 5.18. The van der Waals surface area contributed by atoms with Crippen molar-refractivity contribution in [1.82, 2.24) is 9.62 Å². The fourth-order valence-electron chi connectivity index (χ4n) is 4.42. The highest BCUT2D eigenvalue weighted by Gasteiger charge is 2.49. The second kappa shape index (κ2) is 11.6. The van der Waals surface area contributed by atoms with Crippen LogP contribution in [0.4, 0.5) is 0 Å². The van der Waals surface area contributed by atoms with Crippen LogP contribution in [0, 0.1) is 16.7 Å². The molecule has 1 N–H and O–H groups in total. The third kappa shape index (κ3) is 6.52. The molecular weight excluding hydrogens is 542 g/mol. The van der Waals surface area contributed by atoms with Gasteiger partial charge >= 0.3 is 0 Å². The Morgan fingerprint density at radius 1 is 0.951 bits per heavy atom. The van der Waals surface area contributed by atoms with Crippen molar-refractivity contribution in [3.05, 3.63) is 83.9 Å². The first-order valence-electron chi connectivity index (χ1n) is 13.1. The van der Waals surface area contributed by atoms with E-state index in [1.807, 2.05) is 24.3 Å². The average Bonchev–Trinajstić information content (AvgIpc) is 3.41. The largest absolute Gasteiger partial charge is 0.497 e. The smallest absolute Gasteiger partial charge is 0.253 e. The minimum Gasteiger partial charge on any atom is -0.497 e. The predicted molar refractivity (Wildman–Crippen MR) is 155 cm³/mol. The number of nitriles is 1. The van der Waals surface area contributed by atoms with E-state index >= 15 is 0 Å². The number of methoxy groups -OCH3 is 1. The van der Waals surface area contributed by atoms with Gasteiger partial charge in [-0.3, -0.25) is 14.3 Å². The summed E-state index contributed by atoms with van der Waals surface area (Å²) in [6, 6.07) is 23.2. The number of ether oxygens (including phenoxy) is 2. The molecule has 1 heterocycles. The molecule has 1 aliphatic rings. The topological polar surface area (TPSA) is 126 Å². The van der Waals surface area contributed by atoms with Crippen LogP contribution in [0.5, 0.6) is 11.5 Å². The molecule has 1 aliphatic heterocycles. The highest BCUT2D eigenvalue weighted by Crippen LogP contribution is 2.34. The Morgan fingerprint density at radius 3 is 2.05 bits per heavy atom. The van der Waals surface area contributed by atoms with Gasteiger partial charge in [-0.1, -0.05) is 24.3 Å². The van der Waals surface area contributed by atoms with E-state index in [1.165, 1.54) is 27.9 Å². The first-order chi connectivity index (χ1) is 19.4. The molecule has 2 amide bonds. The molecule has 9 nitrogen and oxygen atoms in total. The summed E-state index contributed by atoms with van der Waals surface area (Å²) in [4.78, 5) is 28.4. The predicted octanol–water partition coefficient (Wildman–Crippen LogP) is 4.39. The van der Waals surface area contributed by atoms with Crippen molar-refractivity contribution in [1.29, 1.82) is 5.26 Å². The van der Waals surface area contributed by atoms with Crippen molar-refractivity contribution in [2.24, 2.45) is 5.41 Å². The second-order valence-corrected chi connectivity index (χ2v) is 13.5. The lowest BCUT2D eigenvalue weighted by Crippen LogP contribution is -2.52. The van der Waals surface area contributed by atoms with Gasteiger partial charge in [0.05, 0.1) is 23.5 Å². The van der Waals surface area contributed by atoms with Crippen molar-refractivity contribution in [3.8, 4) is 28.7 Å². The fraction of sp³-hybridized carbons (Fsp3) is 0.323. The third-order valence-corrected chi connectivity index (χ3v) is 9.28. The lowest BCUT2D eigenvalue weighted by atomic mass is 9.87. The average molecular weight is 576 g/mol. The van der Waals surface area contributed by atoms with Gasteiger partial charge in [0.2, 0.25) is 15.9 Å². The van der Waals surface area contributed by atoms with Crippen LogP contribution < -0.4 is 14.2 Å². The summed E-state index contributed by atoms with van der Waals surface area (Å²) >= 11 is 0. The molecule has 0 radical (unpaired) electrons. The van der Waals surface area contributed by atoms with Crippen LogP contribution in [0.1, 0.15) is 43.1 Å². The number of hydrogen-bond acceptors (Lipinski definition) is 7. The highest BCUT2D eigenvalue weighted by molar-refractivity contribution is 7.91. The summed E-state index contributed by atoms with van der Waals surface area (Å²) in [7, 11) is -2.45. The van der Waals surface area contributed by atoms with Gasteiger partial charge in [-0.2, -0.15) is 5.26 Å². The summed E-state index contributed by atoms with van der Waals surface area (Å²) in [6.45, 7) is 4.66. The van der Waals surface area contributed by atoms with Gasteiger partial charge < -0.3 is 14.4 Å². The molecule has 1 atom stereocenters. The molecule has 0 saturated carbocycles.